The van der Waals surface area contributed by atoms with E-state index in [2.05, 4.69) is 5.32 Å². The van der Waals surface area contributed by atoms with Crippen LogP contribution < -0.4 is 5.32 Å². The van der Waals surface area contributed by atoms with Crippen molar-refractivity contribution < 1.29 is 14.6 Å². The average Bonchev–Trinajstić information content (AvgIpc) is 2.27. The maximum Gasteiger partial charge on any atom is 0.328 e. The van der Waals surface area contributed by atoms with Gasteiger partial charge in [0.1, 0.15) is 17.4 Å². The van der Waals surface area contributed by atoms with Crippen molar-refractivity contribution in [3.8, 4) is 5.75 Å². The van der Waals surface area contributed by atoms with Crippen LogP contribution in [-0.2, 0) is 16.0 Å². The summed E-state index contributed by atoms with van der Waals surface area (Å²) in [5.74, 6) is -0.354. The van der Waals surface area contributed by atoms with E-state index in [0.717, 1.165) is 17.5 Å². The predicted octanol–water partition coefficient (Wildman–Crippen LogP) is 2.57. The van der Waals surface area contributed by atoms with Gasteiger partial charge in [0.05, 0.1) is 5.02 Å². The summed E-state index contributed by atoms with van der Waals surface area (Å²) in [5, 5.41) is 13.1. The maximum atomic E-state index is 12.2. The number of aromatic hydroxyl groups is 1. The molecular weight excluding hydrogens is 266 g/mol. The molecule has 0 bridgehead atoms. The number of benzene rings is 1. The van der Waals surface area contributed by atoms with E-state index < -0.39 is 11.6 Å². The molecule has 2 N–H and O–H groups in total. The highest BCUT2D eigenvalue weighted by molar-refractivity contribution is 6.32. The Morgan fingerprint density at radius 3 is 2.79 bits per heavy atom. The summed E-state index contributed by atoms with van der Waals surface area (Å²) < 4.78 is 5.39. The molecule has 1 atom stereocenters. The van der Waals surface area contributed by atoms with Crippen LogP contribution in [0.25, 0.3) is 0 Å². The van der Waals surface area contributed by atoms with Gasteiger partial charge in [0.15, 0.2) is 0 Å². The van der Waals surface area contributed by atoms with Crippen molar-refractivity contribution in [2.24, 2.45) is 0 Å². The molecule has 2 rings (SSSR count). The minimum atomic E-state index is -0.550. The first-order valence-electron chi connectivity index (χ1n) is 6.25. The number of phenols is 1. The molecule has 0 aliphatic carbocycles. The zero-order chi connectivity index (χ0) is 14.2. The maximum absolute atomic E-state index is 12.2. The molecule has 0 spiro atoms. The number of halogens is 1. The fourth-order valence-electron chi connectivity index (χ4n) is 2.14. The molecule has 1 aromatic rings. The summed E-state index contributed by atoms with van der Waals surface area (Å²) in [6, 6.07) is 2.70. The number of phenolic OH excluding ortho intramolecular Hbond substituents is 1. The predicted molar refractivity (Wildman–Crippen MR) is 73.4 cm³/mol. The Morgan fingerprint density at radius 2 is 2.16 bits per heavy atom. The average molecular weight is 284 g/mol. The van der Waals surface area contributed by atoms with Crippen LogP contribution in [0, 0.1) is 0 Å². The van der Waals surface area contributed by atoms with Gasteiger partial charge in [0.2, 0.25) is 0 Å². The number of hydrogen-bond donors (Lipinski definition) is 2. The van der Waals surface area contributed by atoms with Gasteiger partial charge in [-0.3, -0.25) is 0 Å². The molecule has 0 radical (unpaired) electrons. The third-order valence-corrected chi connectivity index (χ3v) is 3.21. The van der Waals surface area contributed by atoms with Crippen LogP contribution in [0.1, 0.15) is 37.9 Å². The Labute approximate surface area is 117 Å². The molecule has 1 aromatic carbocycles. The monoisotopic (exact) mass is 283 g/mol. The second-order valence-corrected chi connectivity index (χ2v) is 6.08. The Balaban J connectivity index is 2.32. The molecule has 19 heavy (non-hydrogen) atoms. The SMILES string of the molecule is CC(C)(C)OC(=O)C1NCCc2cc(Cl)c(O)cc21. The third kappa shape index (κ3) is 3.19. The van der Waals surface area contributed by atoms with Crippen LogP contribution >= 0.6 is 11.6 Å². The van der Waals surface area contributed by atoms with E-state index in [0.29, 0.717) is 11.6 Å². The number of nitrogens with one attached hydrogen (secondary N) is 1. The van der Waals surface area contributed by atoms with Crippen LogP contribution in [-0.4, -0.2) is 23.2 Å². The third-order valence-electron chi connectivity index (χ3n) is 2.90. The fraction of sp³-hybridized carbons (Fsp3) is 0.500. The van der Waals surface area contributed by atoms with E-state index in [4.69, 9.17) is 16.3 Å². The number of rotatable bonds is 1. The molecule has 0 amide bonds. The first kappa shape index (κ1) is 14.2. The zero-order valence-electron chi connectivity index (χ0n) is 11.3. The van der Waals surface area contributed by atoms with E-state index in [1.54, 1.807) is 12.1 Å². The van der Waals surface area contributed by atoms with Crippen LogP contribution in [0.5, 0.6) is 5.75 Å². The minimum Gasteiger partial charge on any atom is -0.506 e. The Morgan fingerprint density at radius 1 is 1.47 bits per heavy atom. The van der Waals surface area contributed by atoms with E-state index in [1.807, 2.05) is 20.8 Å². The summed E-state index contributed by atoms with van der Waals surface area (Å²) in [4.78, 5) is 12.2. The van der Waals surface area contributed by atoms with E-state index >= 15 is 0 Å². The molecule has 1 heterocycles. The fourth-order valence-corrected chi connectivity index (χ4v) is 2.32. The summed E-state index contributed by atoms with van der Waals surface area (Å²) in [5.41, 5.74) is 1.17. The largest absolute Gasteiger partial charge is 0.506 e. The first-order valence-corrected chi connectivity index (χ1v) is 6.63. The number of ether oxygens (including phenoxy) is 1. The number of fused-ring (bicyclic) bond motifs is 1. The Hall–Kier alpha value is -1.26. The molecule has 5 heteroatoms. The van der Waals surface area contributed by atoms with E-state index in [1.165, 1.54) is 0 Å². The molecule has 4 nitrogen and oxygen atoms in total. The van der Waals surface area contributed by atoms with E-state index in [-0.39, 0.29) is 11.7 Å². The highest BCUT2D eigenvalue weighted by Crippen LogP contribution is 2.33. The molecule has 0 fully saturated rings. The lowest BCUT2D eigenvalue weighted by Gasteiger charge is -2.29. The van der Waals surface area contributed by atoms with Crippen LogP contribution in [0.15, 0.2) is 12.1 Å². The number of carbonyl (C=O) groups is 1. The molecule has 1 aliphatic heterocycles. The lowest BCUT2D eigenvalue weighted by Crippen LogP contribution is -2.39. The number of hydrogen-bond acceptors (Lipinski definition) is 4. The smallest absolute Gasteiger partial charge is 0.328 e. The van der Waals surface area contributed by atoms with Gasteiger partial charge in [-0.25, -0.2) is 4.79 Å². The molecule has 0 aromatic heterocycles. The van der Waals surface area contributed by atoms with Crippen molar-refractivity contribution in [3.63, 3.8) is 0 Å². The quantitative estimate of drug-likeness (QED) is 0.778. The van der Waals surface area contributed by atoms with Gasteiger partial charge in [-0.05, 0) is 50.5 Å². The summed E-state index contributed by atoms with van der Waals surface area (Å²) in [6.07, 6.45) is 0.772. The van der Waals surface area contributed by atoms with Crippen molar-refractivity contribution in [3.05, 3.63) is 28.3 Å². The second-order valence-electron chi connectivity index (χ2n) is 5.67. The van der Waals surface area contributed by atoms with Crippen LogP contribution in [0.4, 0.5) is 0 Å². The van der Waals surface area contributed by atoms with Gasteiger partial charge < -0.3 is 15.2 Å². The van der Waals surface area contributed by atoms with Crippen molar-refractivity contribution in [2.45, 2.75) is 38.8 Å². The number of carbonyl (C=O) groups excluding carboxylic acids is 1. The Kier molecular flexibility index (Phi) is 3.74. The van der Waals surface area contributed by atoms with Crippen molar-refractivity contribution in [2.75, 3.05) is 6.54 Å². The van der Waals surface area contributed by atoms with Gasteiger partial charge in [-0.2, -0.15) is 0 Å². The van der Waals surface area contributed by atoms with Gasteiger partial charge in [0.25, 0.3) is 0 Å². The topological polar surface area (TPSA) is 58.6 Å². The summed E-state index contributed by atoms with van der Waals surface area (Å²) in [7, 11) is 0. The first-order chi connectivity index (χ1) is 8.78. The molecule has 1 unspecified atom stereocenters. The second kappa shape index (κ2) is 5.02. The van der Waals surface area contributed by atoms with Gasteiger partial charge >= 0.3 is 5.97 Å². The molecule has 104 valence electrons. The molecule has 0 saturated carbocycles. The highest BCUT2D eigenvalue weighted by atomic mass is 35.5. The zero-order valence-corrected chi connectivity index (χ0v) is 12.0. The lowest BCUT2D eigenvalue weighted by molar-refractivity contribution is -0.157. The molecular formula is C14H18ClNO3. The minimum absolute atomic E-state index is 0.0160. The van der Waals surface area contributed by atoms with Crippen LogP contribution in [0.2, 0.25) is 5.02 Å². The molecule has 0 saturated heterocycles. The van der Waals surface area contributed by atoms with Gasteiger partial charge in [-0.15, -0.1) is 0 Å². The summed E-state index contributed by atoms with van der Waals surface area (Å²) in [6.45, 7) is 6.16. The standard InChI is InChI=1S/C14H18ClNO3/c1-14(2,3)19-13(18)12-9-7-11(17)10(15)6-8(9)4-5-16-12/h6-7,12,16-17H,4-5H2,1-3H3. The lowest BCUT2D eigenvalue weighted by atomic mass is 9.94. The van der Waals surface area contributed by atoms with E-state index in [9.17, 15) is 9.90 Å². The van der Waals surface area contributed by atoms with Crippen molar-refractivity contribution >= 4 is 17.6 Å². The molecule has 1 aliphatic rings. The Bertz CT molecular complexity index is 508. The highest BCUT2D eigenvalue weighted by Gasteiger charge is 2.31. The summed E-state index contributed by atoms with van der Waals surface area (Å²) >= 11 is 5.89. The normalized spacial score (nSPS) is 18.8. The van der Waals surface area contributed by atoms with Gasteiger partial charge in [0, 0.05) is 6.54 Å². The van der Waals surface area contributed by atoms with Crippen molar-refractivity contribution in [1.29, 1.82) is 0 Å². The van der Waals surface area contributed by atoms with Crippen LogP contribution in [0.3, 0.4) is 0 Å². The van der Waals surface area contributed by atoms with Gasteiger partial charge in [-0.1, -0.05) is 11.6 Å². The number of esters is 1. The van der Waals surface area contributed by atoms with Crippen molar-refractivity contribution in [1.82, 2.24) is 5.32 Å².